The summed E-state index contributed by atoms with van der Waals surface area (Å²) in [4.78, 5) is 39.3. The maximum atomic E-state index is 13.7. The predicted molar refractivity (Wildman–Crippen MR) is 128 cm³/mol. The van der Waals surface area contributed by atoms with Crippen molar-refractivity contribution in [2.75, 3.05) is 19.1 Å². The fraction of sp³-hybridized carbons (Fsp3) is 0.115. The number of benzene rings is 3. The molecule has 0 bridgehead atoms. The lowest BCUT2D eigenvalue weighted by atomic mass is 10.1. The first-order chi connectivity index (χ1) is 16.4. The van der Waals surface area contributed by atoms with Gasteiger partial charge in [0, 0.05) is 22.7 Å². The van der Waals surface area contributed by atoms with Crippen molar-refractivity contribution in [2.45, 2.75) is 6.54 Å². The second-order valence-corrected chi connectivity index (χ2v) is 7.51. The van der Waals surface area contributed by atoms with Gasteiger partial charge in [-0.05, 0) is 54.1 Å². The number of nitrogens with two attached hydrogens (primary N) is 1. The minimum atomic E-state index is -0.745. The van der Waals surface area contributed by atoms with Crippen molar-refractivity contribution < 1.29 is 23.5 Å². The third kappa shape index (κ3) is 4.61. The molecule has 0 fully saturated rings. The van der Waals surface area contributed by atoms with Gasteiger partial charge in [-0.2, -0.15) is 0 Å². The Kier molecular flexibility index (Phi) is 6.31. The highest BCUT2D eigenvalue weighted by Crippen LogP contribution is 2.27. The highest BCUT2D eigenvalue weighted by Gasteiger charge is 2.23. The number of para-hydroxylation sites is 1. The van der Waals surface area contributed by atoms with Gasteiger partial charge in [0.1, 0.15) is 22.6 Å². The summed E-state index contributed by atoms with van der Waals surface area (Å²) in [6.07, 6.45) is 0. The lowest BCUT2D eigenvalue weighted by Crippen LogP contribution is -2.33. The van der Waals surface area contributed by atoms with E-state index in [9.17, 15) is 14.4 Å². The molecule has 34 heavy (non-hydrogen) atoms. The first kappa shape index (κ1) is 22.6. The number of ether oxygens (including phenoxy) is 2. The van der Waals surface area contributed by atoms with E-state index in [4.69, 9.17) is 19.6 Å². The van der Waals surface area contributed by atoms with Crippen LogP contribution in [0.5, 0.6) is 11.5 Å². The van der Waals surface area contributed by atoms with E-state index in [2.05, 4.69) is 0 Å². The van der Waals surface area contributed by atoms with Crippen LogP contribution in [0.3, 0.4) is 0 Å². The van der Waals surface area contributed by atoms with Gasteiger partial charge in [-0.25, -0.2) is 4.79 Å². The molecule has 1 aromatic heterocycles. The van der Waals surface area contributed by atoms with Gasteiger partial charge in [-0.3, -0.25) is 9.59 Å². The molecule has 2 N–H and O–H groups in total. The number of primary amides is 1. The van der Waals surface area contributed by atoms with Gasteiger partial charge in [0.2, 0.25) is 5.91 Å². The van der Waals surface area contributed by atoms with E-state index in [0.717, 1.165) is 0 Å². The summed E-state index contributed by atoms with van der Waals surface area (Å²) in [5.41, 5.74) is 6.34. The van der Waals surface area contributed by atoms with Crippen molar-refractivity contribution in [2.24, 2.45) is 5.73 Å². The molecule has 0 radical (unpaired) electrons. The van der Waals surface area contributed by atoms with Crippen LogP contribution in [0.4, 0.5) is 5.69 Å². The third-order valence-electron chi connectivity index (χ3n) is 5.33. The minimum absolute atomic E-state index is 0.0918. The van der Waals surface area contributed by atoms with Crippen LogP contribution in [-0.2, 0) is 6.54 Å². The Hall–Kier alpha value is -4.59. The molecule has 0 aliphatic rings. The Morgan fingerprint density at radius 2 is 1.56 bits per heavy atom. The van der Waals surface area contributed by atoms with Crippen LogP contribution in [0.25, 0.3) is 11.0 Å². The fourth-order valence-electron chi connectivity index (χ4n) is 3.58. The molecular weight excluding hydrogens is 436 g/mol. The lowest BCUT2D eigenvalue weighted by molar-refractivity contribution is 0.0979. The van der Waals surface area contributed by atoms with Gasteiger partial charge in [-0.1, -0.05) is 18.2 Å². The molecule has 0 aliphatic carbocycles. The summed E-state index contributed by atoms with van der Waals surface area (Å²) < 4.78 is 16.0. The quantitative estimate of drug-likeness (QED) is 0.422. The van der Waals surface area contributed by atoms with Crippen molar-refractivity contribution in [1.29, 1.82) is 0 Å². The van der Waals surface area contributed by atoms with Crippen LogP contribution in [0.2, 0.25) is 0 Å². The molecule has 172 valence electrons. The van der Waals surface area contributed by atoms with Gasteiger partial charge in [0.05, 0.1) is 20.8 Å². The predicted octanol–water partition coefficient (Wildman–Crippen LogP) is 3.76. The molecule has 0 spiro atoms. The van der Waals surface area contributed by atoms with Crippen molar-refractivity contribution in [3.8, 4) is 11.5 Å². The van der Waals surface area contributed by atoms with Crippen LogP contribution in [-0.4, -0.2) is 26.0 Å². The van der Waals surface area contributed by atoms with Crippen molar-refractivity contribution >= 4 is 28.5 Å². The first-order valence-corrected chi connectivity index (χ1v) is 10.4. The van der Waals surface area contributed by atoms with Crippen molar-refractivity contribution in [1.82, 2.24) is 0 Å². The largest absolute Gasteiger partial charge is 0.497 e. The van der Waals surface area contributed by atoms with E-state index >= 15 is 0 Å². The molecule has 0 aliphatic heterocycles. The Balaban J connectivity index is 1.81. The number of rotatable bonds is 7. The third-order valence-corrected chi connectivity index (χ3v) is 5.33. The van der Waals surface area contributed by atoms with E-state index in [0.29, 0.717) is 39.3 Å². The van der Waals surface area contributed by atoms with E-state index < -0.39 is 17.4 Å². The monoisotopic (exact) mass is 458 g/mol. The molecule has 1 heterocycles. The number of fused-ring (bicyclic) bond motifs is 1. The zero-order valence-corrected chi connectivity index (χ0v) is 18.6. The highest BCUT2D eigenvalue weighted by molar-refractivity contribution is 6.07. The highest BCUT2D eigenvalue weighted by atomic mass is 16.5. The molecule has 0 unspecified atom stereocenters. The zero-order valence-electron chi connectivity index (χ0n) is 18.6. The molecule has 8 nitrogen and oxygen atoms in total. The van der Waals surface area contributed by atoms with Crippen LogP contribution < -0.4 is 25.7 Å². The average molecular weight is 458 g/mol. The standard InChI is InChI=1S/C26H22N2O6/c1-32-20-11-16(12-21(14-20)33-2)15-28(19-9-7-17(8-10-19)24(27)29)25(30)22-13-18-5-3-4-6-23(18)34-26(22)31/h3-14H,15H2,1-2H3,(H2,27,29). The second kappa shape index (κ2) is 9.50. The van der Waals surface area contributed by atoms with Crippen molar-refractivity contribution in [3.05, 3.63) is 99.9 Å². The summed E-state index contributed by atoms with van der Waals surface area (Å²) >= 11 is 0. The van der Waals surface area contributed by atoms with Crippen molar-refractivity contribution in [3.63, 3.8) is 0 Å². The van der Waals surface area contributed by atoms with E-state index in [-0.39, 0.29) is 12.1 Å². The number of carbonyl (C=O) groups is 2. The van der Waals surface area contributed by atoms with Gasteiger partial charge >= 0.3 is 5.63 Å². The van der Waals surface area contributed by atoms with E-state index in [1.807, 2.05) is 0 Å². The Morgan fingerprint density at radius 1 is 0.912 bits per heavy atom. The molecule has 4 aromatic rings. The van der Waals surface area contributed by atoms with Crippen LogP contribution in [0, 0.1) is 0 Å². The van der Waals surface area contributed by atoms with Gasteiger partial charge in [-0.15, -0.1) is 0 Å². The molecule has 8 heteroatoms. The molecular formula is C26H22N2O6. The molecule has 0 atom stereocenters. The Labute approximate surface area is 195 Å². The Morgan fingerprint density at radius 3 is 2.18 bits per heavy atom. The van der Waals surface area contributed by atoms with E-state index in [1.54, 1.807) is 54.6 Å². The van der Waals surface area contributed by atoms with Crippen LogP contribution in [0.1, 0.15) is 26.3 Å². The number of anilines is 1. The Bertz CT molecular complexity index is 1400. The smallest absolute Gasteiger partial charge is 0.349 e. The van der Waals surface area contributed by atoms with Gasteiger partial charge in [0.25, 0.3) is 5.91 Å². The summed E-state index contributed by atoms with van der Waals surface area (Å²) in [5, 5.41) is 0.623. The number of amides is 2. The van der Waals surface area contributed by atoms with Crippen LogP contribution in [0.15, 0.2) is 82.0 Å². The van der Waals surface area contributed by atoms with Gasteiger partial charge in [0.15, 0.2) is 0 Å². The number of carbonyl (C=O) groups excluding carboxylic acids is 2. The molecule has 4 rings (SSSR count). The maximum Gasteiger partial charge on any atom is 0.349 e. The average Bonchev–Trinajstić information content (AvgIpc) is 2.86. The van der Waals surface area contributed by atoms with Gasteiger partial charge < -0.3 is 24.5 Å². The molecule has 0 saturated carbocycles. The SMILES string of the molecule is COc1cc(CN(C(=O)c2cc3ccccc3oc2=O)c2ccc(C(N)=O)cc2)cc(OC)c1. The first-order valence-electron chi connectivity index (χ1n) is 10.4. The second-order valence-electron chi connectivity index (χ2n) is 7.51. The summed E-state index contributed by atoms with van der Waals surface area (Å²) in [7, 11) is 3.06. The summed E-state index contributed by atoms with van der Waals surface area (Å²) in [6.45, 7) is 0.0918. The fourth-order valence-corrected chi connectivity index (χ4v) is 3.58. The maximum absolute atomic E-state index is 13.7. The lowest BCUT2D eigenvalue weighted by Gasteiger charge is -2.23. The number of nitrogens with zero attached hydrogens (tertiary/aromatic N) is 1. The number of hydrogen-bond donors (Lipinski definition) is 1. The normalized spacial score (nSPS) is 10.6. The molecule has 3 aromatic carbocycles. The van der Waals surface area contributed by atoms with Crippen LogP contribution >= 0.6 is 0 Å². The molecule has 0 saturated heterocycles. The topological polar surface area (TPSA) is 112 Å². The zero-order chi connectivity index (χ0) is 24.2. The summed E-state index contributed by atoms with van der Waals surface area (Å²) in [6, 6.07) is 20.0. The number of hydrogen-bond acceptors (Lipinski definition) is 6. The number of methoxy groups -OCH3 is 2. The minimum Gasteiger partial charge on any atom is -0.497 e. The summed E-state index contributed by atoms with van der Waals surface area (Å²) in [5.74, 6) is -0.0441. The van der Waals surface area contributed by atoms with E-state index in [1.165, 1.54) is 37.3 Å². The molecule has 2 amide bonds.